The Bertz CT molecular complexity index is 934. The Kier molecular flexibility index (Phi) is 6.21. The topological polar surface area (TPSA) is 81.4 Å². The molecule has 1 atom stereocenters. The summed E-state index contributed by atoms with van der Waals surface area (Å²) < 4.78 is 6.32. The molecule has 0 aliphatic rings. The Morgan fingerprint density at radius 3 is 2.59 bits per heavy atom. The summed E-state index contributed by atoms with van der Waals surface area (Å²) in [6.07, 6.45) is 0.384. The van der Waals surface area contributed by atoms with E-state index in [0.29, 0.717) is 18.5 Å². The monoisotopic (exact) mass is 382 g/mol. The Morgan fingerprint density at radius 2 is 1.89 bits per heavy atom. The smallest absolute Gasteiger partial charge is 0.328 e. The number of carbonyl (C=O) groups excluding carboxylic acids is 2. The molecule has 0 radical (unpaired) electrons. The fraction of sp³-hybridized carbons (Fsp3) is 0.238. The molecule has 0 aliphatic carbocycles. The number of nitrogens with two attached hydrogens (primary N) is 1. The maximum atomic E-state index is 12.6. The molecular formula is C21H22N2O3S. The fourth-order valence-corrected chi connectivity index (χ4v) is 3.86. The molecule has 0 aliphatic heterocycles. The van der Waals surface area contributed by atoms with Crippen molar-refractivity contribution in [2.24, 2.45) is 5.73 Å². The van der Waals surface area contributed by atoms with E-state index in [2.05, 4.69) is 5.32 Å². The molecule has 0 fully saturated rings. The van der Waals surface area contributed by atoms with Gasteiger partial charge in [-0.2, -0.15) is 0 Å². The van der Waals surface area contributed by atoms with Gasteiger partial charge in [-0.05, 0) is 47.0 Å². The van der Waals surface area contributed by atoms with Crippen LogP contribution in [0.15, 0.2) is 53.9 Å². The summed E-state index contributed by atoms with van der Waals surface area (Å²) in [4.78, 5) is 25.0. The highest BCUT2D eigenvalue weighted by atomic mass is 32.1. The van der Waals surface area contributed by atoms with Gasteiger partial charge < -0.3 is 15.8 Å². The van der Waals surface area contributed by atoms with Crippen LogP contribution >= 0.6 is 11.3 Å². The van der Waals surface area contributed by atoms with Crippen molar-refractivity contribution < 1.29 is 14.3 Å². The predicted octanol–water partition coefficient (Wildman–Crippen LogP) is 3.26. The highest BCUT2D eigenvalue weighted by Crippen LogP contribution is 2.26. The van der Waals surface area contributed by atoms with Gasteiger partial charge in [-0.15, -0.1) is 11.3 Å². The predicted molar refractivity (Wildman–Crippen MR) is 108 cm³/mol. The number of carbonyl (C=O) groups is 2. The fourth-order valence-electron chi connectivity index (χ4n) is 2.88. The minimum Gasteiger partial charge on any atom is -0.464 e. The summed E-state index contributed by atoms with van der Waals surface area (Å²) in [5, 5.41) is 5.94. The summed E-state index contributed by atoms with van der Waals surface area (Å²) in [6, 6.07) is 14.3. The number of fused-ring (bicyclic) bond motifs is 1. The van der Waals surface area contributed by atoms with Crippen LogP contribution in [0.2, 0.25) is 0 Å². The van der Waals surface area contributed by atoms with E-state index in [1.807, 2.05) is 29.6 Å². The maximum absolute atomic E-state index is 12.6. The lowest BCUT2D eigenvalue weighted by Gasteiger charge is -2.17. The molecule has 27 heavy (non-hydrogen) atoms. The third-order valence-electron chi connectivity index (χ3n) is 4.31. The molecular weight excluding hydrogens is 360 g/mol. The zero-order valence-corrected chi connectivity index (χ0v) is 15.9. The number of thiophene rings is 1. The lowest BCUT2D eigenvalue weighted by atomic mass is 10.0. The largest absolute Gasteiger partial charge is 0.464 e. The van der Waals surface area contributed by atoms with E-state index in [1.54, 1.807) is 42.5 Å². The molecule has 2 aromatic carbocycles. The second-order valence-electron chi connectivity index (χ2n) is 6.14. The van der Waals surface area contributed by atoms with Gasteiger partial charge in [-0.25, -0.2) is 4.79 Å². The van der Waals surface area contributed by atoms with E-state index >= 15 is 0 Å². The Hall–Kier alpha value is -2.70. The van der Waals surface area contributed by atoms with E-state index < -0.39 is 12.0 Å². The lowest BCUT2D eigenvalue weighted by molar-refractivity contribution is -0.145. The normalized spacial score (nSPS) is 11.9. The average molecular weight is 382 g/mol. The van der Waals surface area contributed by atoms with Crippen LogP contribution in [-0.4, -0.2) is 24.5 Å². The maximum Gasteiger partial charge on any atom is 0.328 e. The minimum absolute atomic E-state index is 0.265. The van der Waals surface area contributed by atoms with E-state index in [-0.39, 0.29) is 12.5 Å². The van der Waals surface area contributed by atoms with E-state index in [0.717, 1.165) is 21.2 Å². The molecule has 0 saturated carbocycles. The molecule has 140 valence electrons. The Balaban J connectivity index is 1.80. The van der Waals surface area contributed by atoms with Gasteiger partial charge in [0, 0.05) is 23.2 Å². The van der Waals surface area contributed by atoms with Gasteiger partial charge in [0.05, 0.1) is 6.61 Å². The number of rotatable bonds is 7. The molecule has 0 unspecified atom stereocenters. The number of benzene rings is 2. The Morgan fingerprint density at radius 1 is 1.15 bits per heavy atom. The summed E-state index contributed by atoms with van der Waals surface area (Å²) in [5.74, 6) is -0.740. The van der Waals surface area contributed by atoms with Gasteiger partial charge in [-0.3, -0.25) is 4.79 Å². The van der Waals surface area contributed by atoms with E-state index in [4.69, 9.17) is 10.5 Å². The first-order chi connectivity index (χ1) is 13.1. The van der Waals surface area contributed by atoms with Crippen LogP contribution in [0.5, 0.6) is 0 Å². The van der Waals surface area contributed by atoms with Crippen molar-refractivity contribution in [1.82, 2.24) is 5.32 Å². The molecule has 1 amide bonds. The first kappa shape index (κ1) is 19.1. The summed E-state index contributed by atoms with van der Waals surface area (Å²) in [6.45, 7) is 2.43. The zero-order chi connectivity index (χ0) is 19.2. The standard InChI is InChI=1S/C21H22N2O3S/c1-2-26-21(25)18(11-16-13-27-19-6-4-3-5-17(16)19)23-20(24)15-9-7-14(12-22)8-10-15/h3-10,13,18H,2,11-12,22H2,1H3,(H,23,24)/t18-/m0/s1. The second-order valence-corrected chi connectivity index (χ2v) is 7.05. The average Bonchev–Trinajstić information content (AvgIpc) is 3.10. The number of esters is 1. The molecule has 5 nitrogen and oxygen atoms in total. The van der Waals surface area contributed by atoms with Gasteiger partial charge in [0.2, 0.25) is 0 Å². The third-order valence-corrected chi connectivity index (χ3v) is 5.33. The van der Waals surface area contributed by atoms with Crippen LogP contribution in [0.4, 0.5) is 0 Å². The first-order valence-corrected chi connectivity index (χ1v) is 9.72. The number of hydrogen-bond donors (Lipinski definition) is 2. The van der Waals surface area contributed by atoms with Crippen molar-refractivity contribution in [3.63, 3.8) is 0 Å². The molecule has 3 rings (SSSR count). The van der Waals surface area contributed by atoms with Gasteiger partial charge in [0.15, 0.2) is 0 Å². The second kappa shape index (κ2) is 8.79. The molecule has 3 aromatic rings. The summed E-state index contributed by atoms with van der Waals surface area (Å²) in [5.41, 5.74) is 8.04. The van der Waals surface area contributed by atoms with Gasteiger partial charge in [-0.1, -0.05) is 30.3 Å². The molecule has 0 spiro atoms. The van der Waals surface area contributed by atoms with Gasteiger partial charge >= 0.3 is 5.97 Å². The van der Waals surface area contributed by atoms with Gasteiger partial charge in [0.25, 0.3) is 5.91 Å². The molecule has 1 heterocycles. The third kappa shape index (κ3) is 4.53. The van der Waals surface area contributed by atoms with Crippen molar-refractivity contribution in [3.8, 4) is 0 Å². The van der Waals surface area contributed by atoms with Crippen molar-refractivity contribution >= 4 is 33.3 Å². The van der Waals surface area contributed by atoms with Crippen LogP contribution in [0.25, 0.3) is 10.1 Å². The van der Waals surface area contributed by atoms with Crippen LogP contribution in [0, 0.1) is 0 Å². The zero-order valence-electron chi connectivity index (χ0n) is 15.1. The SMILES string of the molecule is CCOC(=O)[C@H](Cc1csc2ccccc12)NC(=O)c1ccc(CN)cc1. The number of amides is 1. The van der Waals surface area contributed by atoms with Crippen molar-refractivity contribution in [1.29, 1.82) is 0 Å². The molecule has 6 heteroatoms. The highest BCUT2D eigenvalue weighted by Gasteiger charge is 2.24. The van der Waals surface area contributed by atoms with Crippen molar-refractivity contribution in [2.75, 3.05) is 6.61 Å². The van der Waals surface area contributed by atoms with Gasteiger partial charge in [0.1, 0.15) is 6.04 Å². The van der Waals surface area contributed by atoms with Crippen LogP contribution in [0.3, 0.4) is 0 Å². The van der Waals surface area contributed by atoms with Crippen LogP contribution < -0.4 is 11.1 Å². The van der Waals surface area contributed by atoms with Crippen molar-refractivity contribution in [2.45, 2.75) is 25.9 Å². The van der Waals surface area contributed by atoms with Crippen LogP contribution in [-0.2, 0) is 22.5 Å². The number of nitrogens with one attached hydrogen (secondary N) is 1. The van der Waals surface area contributed by atoms with E-state index in [9.17, 15) is 9.59 Å². The summed E-state index contributed by atoms with van der Waals surface area (Å²) >= 11 is 1.62. The number of ether oxygens (including phenoxy) is 1. The first-order valence-electron chi connectivity index (χ1n) is 8.84. The van der Waals surface area contributed by atoms with Crippen molar-refractivity contribution in [3.05, 3.63) is 70.6 Å². The molecule has 0 saturated heterocycles. The summed E-state index contributed by atoms with van der Waals surface area (Å²) in [7, 11) is 0. The molecule has 0 bridgehead atoms. The van der Waals surface area contributed by atoms with Crippen LogP contribution in [0.1, 0.15) is 28.4 Å². The Labute approximate surface area is 162 Å². The highest BCUT2D eigenvalue weighted by molar-refractivity contribution is 7.17. The van der Waals surface area contributed by atoms with E-state index in [1.165, 1.54) is 0 Å². The lowest BCUT2D eigenvalue weighted by Crippen LogP contribution is -2.43. The number of hydrogen-bond acceptors (Lipinski definition) is 5. The molecule has 3 N–H and O–H groups in total. The minimum atomic E-state index is -0.746. The quantitative estimate of drug-likeness (QED) is 0.615. The molecule has 1 aromatic heterocycles.